The van der Waals surface area contributed by atoms with Crippen LogP contribution in [0.1, 0.15) is 30.1 Å². The van der Waals surface area contributed by atoms with Gasteiger partial charge in [-0.1, -0.05) is 30.3 Å². The standard InChI is InChI=1S/C24H32N4O3/c1-18(19-7-5-4-6-8-19)26-24(30)23(29)25-17-22(28-15-13-27(2)14-16-28)20-9-11-21(31-3)12-10-20/h4-12,18,22H,13-17H2,1-3H3,(H,25,29)(H,26,30)/p+2/t18-,22-/m1/s1. The predicted molar refractivity (Wildman–Crippen MR) is 119 cm³/mol. The Kier molecular flexibility index (Phi) is 8.03. The summed E-state index contributed by atoms with van der Waals surface area (Å²) in [5.74, 6) is -0.401. The number of quaternary nitrogens is 2. The van der Waals surface area contributed by atoms with Crippen LogP contribution in [0.5, 0.6) is 5.75 Å². The summed E-state index contributed by atoms with van der Waals surface area (Å²) in [6.45, 7) is 6.51. The van der Waals surface area contributed by atoms with Crippen molar-refractivity contribution in [1.82, 2.24) is 10.6 Å². The van der Waals surface area contributed by atoms with Gasteiger partial charge in [0.25, 0.3) is 0 Å². The highest BCUT2D eigenvalue weighted by molar-refractivity contribution is 6.35. The van der Waals surface area contributed by atoms with Gasteiger partial charge in [0.2, 0.25) is 0 Å². The average Bonchev–Trinajstić information content (AvgIpc) is 2.81. The SMILES string of the molecule is COc1ccc([C@@H](CNC(=O)C(=O)N[C@H](C)c2ccccc2)[NH+]2CC[NH+](C)CC2)cc1. The Morgan fingerprint density at radius 3 is 2.19 bits per heavy atom. The van der Waals surface area contributed by atoms with Gasteiger partial charge in [-0.15, -0.1) is 0 Å². The molecule has 0 aliphatic carbocycles. The predicted octanol–water partition coefficient (Wildman–Crippen LogP) is -0.857. The van der Waals surface area contributed by atoms with Crippen molar-refractivity contribution < 1.29 is 24.1 Å². The van der Waals surface area contributed by atoms with Gasteiger partial charge in [-0.05, 0) is 36.8 Å². The van der Waals surface area contributed by atoms with Crippen LogP contribution in [0.4, 0.5) is 0 Å². The van der Waals surface area contributed by atoms with E-state index in [4.69, 9.17) is 4.74 Å². The minimum Gasteiger partial charge on any atom is -0.497 e. The summed E-state index contributed by atoms with van der Waals surface area (Å²) in [6, 6.07) is 17.4. The lowest BCUT2D eigenvalue weighted by atomic mass is 10.0. The maximum Gasteiger partial charge on any atom is 0.309 e. The van der Waals surface area contributed by atoms with E-state index in [0.717, 1.165) is 43.1 Å². The third kappa shape index (κ3) is 6.29. The van der Waals surface area contributed by atoms with E-state index in [1.807, 2.05) is 61.5 Å². The van der Waals surface area contributed by atoms with Crippen molar-refractivity contribution in [2.45, 2.75) is 19.0 Å². The summed E-state index contributed by atoms with van der Waals surface area (Å²) in [4.78, 5) is 27.9. The van der Waals surface area contributed by atoms with E-state index in [9.17, 15) is 9.59 Å². The average molecular weight is 427 g/mol. The Bertz CT molecular complexity index is 849. The zero-order valence-electron chi connectivity index (χ0n) is 18.6. The van der Waals surface area contributed by atoms with Gasteiger partial charge in [-0.2, -0.15) is 0 Å². The van der Waals surface area contributed by atoms with Crippen LogP contribution >= 0.6 is 0 Å². The number of likely N-dealkylation sites (N-methyl/N-ethyl adjacent to an activating group) is 1. The molecular weight excluding hydrogens is 392 g/mol. The first kappa shape index (κ1) is 22.8. The molecule has 7 nitrogen and oxygen atoms in total. The number of piperazine rings is 1. The third-order valence-corrected chi connectivity index (χ3v) is 6.08. The molecule has 1 aliphatic rings. The van der Waals surface area contributed by atoms with Crippen molar-refractivity contribution in [3.8, 4) is 5.75 Å². The molecule has 31 heavy (non-hydrogen) atoms. The Hall–Kier alpha value is -2.90. The van der Waals surface area contributed by atoms with Gasteiger partial charge in [0.1, 0.15) is 38.0 Å². The first-order valence-electron chi connectivity index (χ1n) is 10.9. The Morgan fingerprint density at radius 1 is 0.935 bits per heavy atom. The Labute approximate surface area is 184 Å². The zero-order chi connectivity index (χ0) is 22.2. The van der Waals surface area contributed by atoms with Gasteiger partial charge < -0.3 is 25.2 Å². The first-order chi connectivity index (χ1) is 15.0. The summed E-state index contributed by atoms with van der Waals surface area (Å²) < 4.78 is 5.28. The summed E-state index contributed by atoms with van der Waals surface area (Å²) in [7, 11) is 3.86. The number of hydrogen-bond donors (Lipinski definition) is 4. The molecule has 2 amide bonds. The molecule has 2 atom stereocenters. The highest BCUT2D eigenvalue weighted by Crippen LogP contribution is 2.16. The van der Waals surface area contributed by atoms with Crippen LogP contribution in [0.15, 0.2) is 54.6 Å². The molecule has 0 aromatic heterocycles. The molecule has 1 fully saturated rings. The second kappa shape index (κ2) is 10.9. The molecule has 2 aromatic carbocycles. The lowest BCUT2D eigenvalue weighted by molar-refractivity contribution is -1.02. The molecule has 4 N–H and O–H groups in total. The van der Waals surface area contributed by atoms with Crippen molar-refractivity contribution in [3.05, 3.63) is 65.7 Å². The van der Waals surface area contributed by atoms with Gasteiger partial charge in [-0.3, -0.25) is 9.59 Å². The fourth-order valence-corrected chi connectivity index (χ4v) is 4.04. The van der Waals surface area contributed by atoms with Crippen molar-refractivity contribution in [2.75, 3.05) is 46.9 Å². The molecule has 0 unspecified atom stereocenters. The first-order valence-corrected chi connectivity index (χ1v) is 10.9. The number of methoxy groups -OCH3 is 1. The number of amides is 2. The second-order valence-corrected chi connectivity index (χ2v) is 8.26. The number of nitrogens with one attached hydrogen (secondary N) is 4. The third-order valence-electron chi connectivity index (χ3n) is 6.08. The minimum atomic E-state index is -0.609. The number of ether oxygens (including phenoxy) is 1. The van der Waals surface area contributed by atoms with E-state index >= 15 is 0 Å². The number of benzene rings is 2. The van der Waals surface area contributed by atoms with Gasteiger partial charge in [0, 0.05) is 5.56 Å². The molecule has 166 valence electrons. The van der Waals surface area contributed by atoms with E-state index in [1.165, 1.54) is 9.80 Å². The molecule has 0 bridgehead atoms. The van der Waals surface area contributed by atoms with Crippen LogP contribution in [0.2, 0.25) is 0 Å². The van der Waals surface area contributed by atoms with Gasteiger partial charge in [-0.25, -0.2) is 0 Å². The second-order valence-electron chi connectivity index (χ2n) is 8.26. The zero-order valence-corrected chi connectivity index (χ0v) is 18.6. The molecule has 1 aliphatic heterocycles. The maximum atomic E-state index is 12.5. The van der Waals surface area contributed by atoms with Crippen molar-refractivity contribution in [1.29, 1.82) is 0 Å². The molecule has 1 saturated heterocycles. The topological polar surface area (TPSA) is 76.3 Å². The highest BCUT2D eigenvalue weighted by atomic mass is 16.5. The molecule has 0 radical (unpaired) electrons. The minimum absolute atomic E-state index is 0.0855. The van der Waals surface area contributed by atoms with Gasteiger partial charge >= 0.3 is 11.8 Å². The van der Waals surface area contributed by atoms with Crippen LogP contribution in [-0.2, 0) is 9.59 Å². The van der Waals surface area contributed by atoms with Crippen LogP contribution in [0.25, 0.3) is 0 Å². The number of carbonyl (C=O) groups is 2. The summed E-state index contributed by atoms with van der Waals surface area (Å²) in [5.41, 5.74) is 2.10. The van der Waals surface area contributed by atoms with Crippen molar-refractivity contribution >= 4 is 11.8 Å². The summed E-state index contributed by atoms with van der Waals surface area (Å²) >= 11 is 0. The van der Waals surface area contributed by atoms with Crippen LogP contribution in [0, 0.1) is 0 Å². The van der Waals surface area contributed by atoms with E-state index in [0.29, 0.717) is 6.54 Å². The van der Waals surface area contributed by atoms with Gasteiger partial charge in [0.05, 0.1) is 26.7 Å². The van der Waals surface area contributed by atoms with Crippen LogP contribution in [0.3, 0.4) is 0 Å². The molecule has 1 heterocycles. The lowest BCUT2D eigenvalue weighted by Crippen LogP contribution is -3.27. The molecule has 2 aromatic rings. The molecule has 3 rings (SSSR count). The number of hydrogen-bond acceptors (Lipinski definition) is 3. The molecule has 0 spiro atoms. The number of carbonyl (C=O) groups excluding carboxylic acids is 2. The Morgan fingerprint density at radius 2 is 1.58 bits per heavy atom. The fourth-order valence-electron chi connectivity index (χ4n) is 4.04. The Balaban J connectivity index is 1.63. The highest BCUT2D eigenvalue weighted by Gasteiger charge is 2.30. The van der Waals surface area contributed by atoms with Gasteiger partial charge in [0.15, 0.2) is 0 Å². The lowest BCUT2D eigenvalue weighted by Gasteiger charge is -2.33. The molecule has 7 heteroatoms. The van der Waals surface area contributed by atoms with E-state index < -0.39 is 11.8 Å². The molecular formula is C24H34N4O3+2. The largest absolute Gasteiger partial charge is 0.497 e. The fraction of sp³-hybridized carbons (Fsp3) is 0.417. The normalized spacial score (nSPS) is 20.4. The summed E-state index contributed by atoms with van der Waals surface area (Å²) in [5, 5.41) is 5.65. The van der Waals surface area contributed by atoms with Crippen molar-refractivity contribution in [3.63, 3.8) is 0 Å². The van der Waals surface area contributed by atoms with Crippen LogP contribution < -0.4 is 25.2 Å². The van der Waals surface area contributed by atoms with Crippen LogP contribution in [-0.4, -0.2) is 58.7 Å². The van der Waals surface area contributed by atoms with Crippen molar-refractivity contribution in [2.24, 2.45) is 0 Å². The molecule has 0 saturated carbocycles. The van der Waals surface area contributed by atoms with E-state index in [2.05, 4.69) is 17.7 Å². The number of rotatable bonds is 7. The van der Waals surface area contributed by atoms with E-state index in [-0.39, 0.29) is 12.1 Å². The van der Waals surface area contributed by atoms with E-state index in [1.54, 1.807) is 7.11 Å². The quantitative estimate of drug-likeness (QED) is 0.436. The smallest absolute Gasteiger partial charge is 0.309 e. The monoisotopic (exact) mass is 426 g/mol. The maximum absolute atomic E-state index is 12.5. The summed E-state index contributed by atoms with van der Waals surface area (Å²) in [6.07, 6.45) is 0.